The van der Waals surface area contributed by atoms with Crippen molar-refractivity contribution in [2.45, 2.75) is 37.5 Å². The van der Waals surface area contributed by atoms with Gasteiger partial charge in [-0.2, -0.15) is 4.31 Å². The third kappa shape index (κ3) is 6.49. The molecule has 9 nitrogen and oxygen atoms in total. The average molecular weight is 470 g/mol. The van der Waals surface area contributed by atoms with Crippen molar-refractivity contribution in [2.24, 2.45) is 11.8 Å². The molecule has 1 N–H and O–H groups in total. The standard InChI is InChI=1S/C20H27N3O6S2/c1-15(2)13-22(14-16(3)4)31(28,29)20-9-5-17(6-10-20)21-30(26,27)19-11-7-18(8-12-19)23(24)25/h5-12,15-16,21H,13-14H2,1-4H3. The van der Waals surface area contributed by atoms with Gasteiger partial charge in [0.1, 0.15) is 0 Å². The van der Waals surface area contributed by atoms with E-state index in [9.17, 15) is 26.9 Å². The SMILES string of the molecule is CC(C)CN(CC(C)C)S(=O)(=O)c1ccc(NS(=O)(=O)c2ccc([N+](=O)[O-])cc2)cc1. The van der Waals surface area contributed by atoms with Crippen LogP contribution in [0.2, 0.25) is 0 Å². The molecular weight excluding hydrogens is 442 g/mol. The van der Waals surface area contributed by atoms with E-state index in [1.165, 1.54) is 28.6 Å². The van der Waals surface area contributed by atoms with Gasteiger partial charge in [0.15, 0.2) is 0 Å². The molecule has 170 valence electrons. The Kier molecular flexibility index (Phi) is 7.79. The molecule has 0 saturated heterocycles. The van der Waals surface area contributed by atoms with E-state index in [4.69, 9.17) is 0 Å². The van der Waals surface area contributed by atoms with E-state index in [1.807, 2.05) is 27.7 Å². The second-order valence-electron chi connectivity index (χ2n) is 7.99. The summed E-state index contributed by atoms with van der Waals surface area (Å²) in [5.74, 6) is 0.308. The molecule has 0 aliphatic carbocycles. The van der Waals surface area contributed by atoms with E-state index in [2.05, 4.69) is 4.72 Å². The minimum Gasteiger partial charge on any atom is -0.280 e. The molecule has 0 fully saturated rings. The molecule has 0 aromatic heterocycles. The Morgan fingerprint density at radius 3 is 1.71 bits per heavy atom. The zero-order valence-corrected chi connectivity index (χ0v) is 19.5. The Morgan fingerprint density at radius 2 is 1.29 bits per heavy atom. The Hall–Kier alpha value is -2.50. The van der Waals surface area contributed by atoms with Gasteiger partial charge in [-0.3, -0.25) is 14.8 Å². The molecule has 0 amide bonds. The first kappa shape index (κ1) is 24.8. The van der Waals surface area contributed by atoms with Gasteiger partial charge in [0.2, 0.25) is 10.0 Å². The summed E-state index contributed by atoms with van der Waals surface area (Å²) in [5.41, 5.74) is -0.0440. The molecule has 0 unspecified atom stereocenters. The predicted octanol–water partition coefficient (Wildman–Crippen LogP) is 3.70. The van der Waals surface area contributed by atoms with Crippen LogP contribution in [0.15, 0.2) is 58.3 Å². The number of hydrogen-bond acceptors (Lipinski definition) is 6. The maximum Gasteiger partial charge on any atom is 0.269 e. The maximum atomic E-state index is 13.0. The van der Waals surface area contributed by atoms with Crippen LogP contribution < -0.4 is 4.72 Å². The number of nitro benzene ring substituents is 1. The van der Waals surface area contributed by atoms with Crippen molar-refractivity contribution in [1.82, 2.24) is 4.31 Å². The van der Waals surface area contributed by atoms with E-state index in [1.54, 1.807) is 0 Å². The van der Waals surface area contributed by atoms with Gasteiger partial charge >= 0.3 is 0 Å². The number of benzene rings is 2. The van der Waals surface area contributed by atoms with E-state index in [-0.39, 0.29) is 33.0 Å². The zero-order chi connectivity index (χ0) is 23.4. The summed E-state index contributed by atoms with van der Waals surface area (Å²) >= 11 is 0. The lowest BCUT2D eigenvalue weighted by molar-refractivity contribution is -0.384. The van der Waals surface area contributed by atoms with Crippen molar-refractivity contribution in [3.05, 3.63) is 58.6 Å². The lowest BCUT2D eigenvalue weighted by atomic mass is 10.2. The predicted molar refractivity (Wildman–Crippen MR) is 119 cm³/mol. The number of hydrogen-bond donors (Lipinski definition) is 1. The fraction of sp³-hybridized carbons (Fsp3) is 0.400. The van der Waals surface area contributed by atoms with Crippen LogP contribution in [0.25, 0.3) is 0 Å². The third-order valence-electron chi connectivity index (χ3n) is 4.24. The topological polar surface area (TPSA) is 127 Å². The van der Waals surface area contributed by atoms with E-state index in [0.717, 1.165) is 24.3 Å². The Labute approximate surface area is 183 Å². The molecule has 0 radical (unpaired) electrons. The smallest absolute Gasteiger partial charge is 0.269 e. The van der Waals surface area contributed by atoms with E-state index < -0.39 is 25.0 Å². The first-order chi connectivity index (χ1) is 14.3. The number of nitrogens with one attached hydrogen (secondary N) is 1. The number of nitrogens with zero attached hydrogens (tertiary/aromatic N) is 2. The molecule has 0 spiro atoms. The van der Waals surface area contributed by atoms with Gasteiger partial charge in [0.05, 0.1) is 14.7 Å². The molecule has 2 rings (SSSR count). The van der Waals surface area contributed by atoms with Gasteiger partial charge in [0, 0.05) is 30.9 Å². The maximum absolute atomic E-state index is 13.0. The summed E-state index contributed by atoms with van der Waals surface area (Å²) < 4.78 is 54.9. The normalized spacial score (nSPS) is 12.5. The van der Waals surface area contributed by atoms with Crippen LogP contribution in [0, 0.1) is 22.0 Å². The monoisotopic (exact) mass is 469 g/mol. The van der Waals surface area contributed by atoms with Crippen LogP contribution in [0.5, 0.6) is 0 Å². The first-order valence-corrected chi connectivity index (χ1v) is 12.6. The summed E-state index contributed by atoms with van der Waals surface area (Å²) in [6, 6.07) is 9.93. The van der Waals surface area contributed by atoms with Crippen molar-refractivity contribution in [1.29, 1.82) is 0 Å². The molecule has 11 heteroatoms. The summed E-state index contributed by atoms with van der Waals surface area (Å²) in [5, 5.41) is 10.7. The lowest BCUT2D eigenvalue weighted by Gasteiger charge is -2.25. The second-order valence-corrected chi connectivity index (χ2v) is 11.6. The van der Waals surface area contributed by atoms with Crippen molar-refractivity contribution < 1.29 is 21.8 Å². The highest BCUT2D eigenvalue weighted by molar-refractivity contribution is 7.92. The Bertz CT molecular complexity index is 1100. The van der Waals surface area contributed by atoms with Crippen LogP contribution >= 0.6 is 0 Å². The number of anilines is 1. The zero-order valence-electron chi connectivity index (χ0n) is 17.8. The van der Waals surface area contributed by atoms with Crippen LogP contribution in [0.4, 0.5) is 11.4 Å². The highest BCUT2D eigenvalue weighted by Crippen LogP contribution is 2.23. The minimum atomic E-state index is -3.98. The second kappa shape index (κ2) is 9.75. The third-order valence-corrected chi connectivity index (χ3v) is 7.48. The summed E-state index contributed by atoms with van der Waals surface area (Å²) in [6.07, 6.45) is 0. The lowest BCUT2D eigenvalue weighted by Crippen LogP contribution is -2.37. The van der Waals surface area contributed by atoms with Crippen LogP contribution in [0.1, 0.15) is 27.7 Å². The highest BCUT2D eigenvalue weighted by atomic mass is 32.2. The number of non-ortho nitro benzene ring substituents is 1. The highest BCUT2D eigenvalue weighted by Gasteiger charge is 2.26. The molecule has 0 atom stereocenters. The molecule has 31 heavy (non-hydrogen) atoms. The fourth-order valence-corrected chi connectivity index (χ4v) is 5.72. The van der Waals surface area contributed by atoms with Crippen LogP contribution in [0.3, 0.4) is 0 Å². The summed E-state index contributed by atoms with van der Waals surface area (Å²) in [7, 11) is -7.71. The first-order valence-electron chi connectivity index (χ1n) is 9.70. The van der Waals surface area contributed by atoms with Crippen molar-refractivity contribution in [3.63, 3.8) is 0 Å². The molecule has 0 heterocycles. The Morgan fingerprint density at radius 1 is 0.839 bits per heavy atom. The minimum absolute atomic E-state index is 0.0760. The van der Waals surface area contributed by atoms with Gasteiger partial charge in [-0.05, 0) is 48.2 Å². The molecule has 2 aromatic rings. The fourth-order valence-electron chi connectivity index (χ4n) is 2.89. The van der Waals surface area contributed by atoms with Crippen LogP contribution in [-0.2, 0) is 20.0 Å². The molecule has 0 bridgehead atoms. The van der Waals surface area contributed by atoms with Gasteiger partial charge in [-0.1, -0.05) is 27.7 Å². The molecule has 0 saturated carbocycles. The van der Waals surface area contributed by atoms with Crippen molar-refractivity contribution in [3.8, 4) is 0 Å². The van der Waals surface area contributed by atoms with E-state index in [0.29, 0.717) is 13.1 Å². The number of sulfonamides is 2. The largest absolute Gasteiger partial charge is 0.280 e. The Balaban J connectivity index is 2.24. The van der Waals surface area contributed by atoms with Crippen LogP contribution in [-0.4, -0.2) is 39.2 Å². The van der Waals surface area contributed by atoms with E-state index >= 15 is 0 Å². The molecule has 0 aliphatic rings. The molecule has 0 aliphatic heterocycles. The van der Waals surface area contributed by atoms with Gasteiger partial charge in [0.25, 0.3) is 15.7 Å². The van der Waals surface area contributed by atoms with Gasteiger partial charge in [-0.15, -0.1) is 0 Å². The van der Waals surface area contributed by atoms with Gasteiger partial charge < -0.3 is 0 Å². The summed E-state index contributed by atoms with van der Waals surface area (Å²) in [4.78, 5) is 10.0. The number of rotatable bonds is 10. The molecular formula is C20H27N3O6S2. The molecule has 2 aromatic carbocycles. The van der Waals surface area contributed by atoms with Gasteiger partial charge in [-0.25, -0.2) is 16.8 Å². The number of nitro groups is 1. The van der Waals surface area contributed by atoms with Crippen molar-refractivity contribution >= 4 is 31.4 Å². The quantitative estimate of drug-likeness (QED) is 0.418. The van der Waals surface area contributed by atoms with Crippen molar-refractivity contribution in [2.75, 3.05) is 17.8 Å². The average Bonchev–Trinajstić information content (AvgIpc) is 2.67. The summed E-state index contributed by atoms with van der Waals surface area (Å²) in [6.45, 7) is 8.54.